The number of alkyl halides is 1. The van der Waals surface area contributed by atoms with Crippen molar-refractivity contribution in [1.82, 2.24) is 5.32 Å². The van der Waals surface area contributed by atoms with Crippen LogP contribution in [0.4, 0.5) is 0 Å². The molecule has 1 amide bonds. The van der Waals surface area contributed by atoms with Gasteiger partial charge in [0.25, 0.3) is 0 Å². The van der Waals surface area contributed by atoms with Crippen LogP contribution in [0.3, 0.4) is 0 Å². The Bertz CT molecular complexity index is 272. The van der Waals surface area contributed by atoms with Crippen LogP contribution in [-0.4, -0.2) is 11.8 Å². The Morgan fingerprint density at radius 3 is 3.00 bits per heavy atom. The third-order valence-electron chi connectivity index (χ3n) is 1.40. The molecule has 1 rings (SSSR count). The van der Waals surface area contributed by atoms with E-state index in [0.29, 0.717) is 6.54 Å². The van der Waals surface area contributed by atoms with Crippen LogP contribution in [0.1, 0.15) is 10.4 Å². The van der Waals surface area contributed by atoms with Gasteiger partial charge < -0.3 is 5.32 Å². The summed E-state index contributed by atoms with van der Waals surface area (Å²) in [4.78, 5) is 12.0. The lowest BCUT2D eigenvalue weighted by Crippen LogP contribution is -2.23. The van der Waals surface area contributed by atoms with Gasteiger partial charge in [0.15, 0.2) is 0 Å². The van der Waals surface area contributed by atoms with Gasteiger partial charge in [-0.25, -0.2) is 0 Å². The number of halogens is 1. The van der Waals surface area contributed by atoms with E-state index < -0.39 is 0 Å². The number of hydrogen-bond donors (Lipinski definition) is 1. The number of amides is 1. The molecule has 66 valence electrons. The number of rotatable bonds is 3. The van der Waals surface area contributed by atoms with E-state index in [1.54, 1.807) is 11.3 Å². The summed E-state index contributed by atoms with van der Waals surface area (Å²) in [7, 11) is 0. The van der Waals surface area contributed by atoms with Crippen molar-refractivity contribution in [1.29, 1.82) is 0 Å². The van der Waals surface area contributed by atoms with E-state index in [0.717, 1.165) is 5.56 Å². The molecule has 1 aromatic heterocycles. The molecule has 1 heterocycles. The first-order chi connectivity index (χ1) is 5.72. The van der Waals surface area contributed by atoms with Crippen molar-refractivity contribution in [3.05, 3.63) is 21.9 Å². The van der Waals surface area contributed by atoms with Gasteiger partial charge in [-0.15, -0.1) is 22.9 Å². The Balaban J connectivity index is 2.38. The van der Waals surface area contributed by atoms with Crippen LogP contribution in [0.15, 0.2) is 11.4 Å². The molecule has 4 heteroatoms. The van der Waals surface area contributed by atoms with Crippen molar-refractivity contribution >= 4 is 28.8 Å². The van der Waals surface area contributed by atoms with Crippen molar-refractivity contribution in [3.63, 3.8) is 0 Å². The standard InChI is InChI=1S/C8H10ClNOS/c1-6-2-7(5-12-6)4-10-8(11)3-9/h2,5H,3-4H2,1H3,(H,10,11). The first-order valence-electron chi connectivity index (χ1n) is 3.59. The SMILES string of the molecule is Cc1cc(CNC(=O)CCl)cs1. The number of carbonyl (C=O) groups is 1. The Labute approximate surface area is 80.5 Å². The van der Waals surface area contributed by atoms with Crippen LogP contribution < -0.4 is 5.32 Å². The largest absolute Gasteiger partial charge is 0.351 e. The van der Waals surface area contributed by atoms with Crippen LogP contribution >= 0.6 is 22.9 Å². The third kappa shape index (κ3) is 2.83. The molecule has 0 aliphatic rings. The molecular weight excluding hydrogens is 194 g/mol. The smallest absolute Gasteiger partial charge is 0.235 e. The molecule has 0 saturated heterocycles. The average Bonchev–Trinajstić information content (AvgIpc) is 2.47. The zero-order valence-electron chi connectivity index (χ0n) is 6.76. The first-order valence-corrected chi connectivity index (χ1v) is 5.00. The lowest BCUT2D eigenvalue weighted by molar-refractivity contribution is -0.118. The van der Waals surface area contributed by atoms with Crippen LogP contribution in [0.25, 0.3) is 0 Å². The van der Waals surface area contributed by atoms with E-state index in [2.05, 4.69) is 11.4 Å². The predicted molar refractivity (Wildman–Crippen MR) is 51.6 cm³/mol. The molecule has 12 heavy (non-hydrogen) atoms. The van der Waals surface area contributed by atoms with Crippen molar-refractivity contribution in [3.8, 4) is 0 Å². The Morgan fingerprint density at radius 1 is 1.75 bits per heavy atom. The minimum absolute atomic E-state index is 0.0309. The van der Waals surface area contributed by atoms with Gasteiger partial charge >= 0.3 is 0 Å². The maximum absolute atomic E-state index is 10.8. The van der Waals surface area contributed by atoms with Crippen LogP contribution in [0, 0.1) is 6.92 Å². The second kappa shape index (κ2) is 4.48. The summed E-state index contributed by atoms with van der Waals surface area (Å²) in [5.74, 6) is -0.0936. The summed E-state index contributed by atoms with van der Waals surface area (Å²) in [6.45, 7) is 2.62. The molecule has 0 spiro atoms. The molecule has 0 aliphatic carbocycles. The molecule has 0 radical (unpaired) electrons. The molecule has 1 N–H and O–H groups in total. The fourth-order valence-electron chi connectivity index (χ4n) is 0.838. The lowest BCUT2D eigenvalue weighted by atomic mass is 10.3. The maximum atomic E-state index is 10.8. The van der Waals surface area contributed by atoms with Gasteiger partial charge in [0.05, 0.1) is 0 Å². The van der Waals surface area contributed by atoms with E-state index in [-0.39, 0.29) is 11.8 Å². The molecular formula is C8H10ClNOS. The van der Waals surface area contributed by atoms with Gasteiger partial charge in [-0.1, -0.05) is 0 Å². The van der Waals surface area contributed by atoms with E-state index in [1.165, 1.54) is 4.88 Å². The Morgan fingerprint density at radius 2 is 2.50 bits per heavy atom. The first kappa shape index (κ1) is 9.55. The number of nitrogens with one attached hydrogen (secondary N) is 1. The predicted octanol–water partition coefficient (Wildman–Crippen LogP) is 1.91. The van der Waals surface area contributed by atoms with Gasteiger partial charge in [0, 0.05) is 11.4 Å². The molecule has 2 nitrogen and oxygen atoms in total. The van der Waals surface area contributed by atoms with Crippen LogP contribution in [-0.2, 0) is 11.3 Å². The fraction of sp³-hybridized carbons (Fsp3) is 0.375. The van der Waals surface area contributed by atoms with Gasteiger partial charge in [-0.05, 0) is 23.9 Å². The van der Waals surface area contributed by atoms with Gasteiger partial charge in [-0.3, -0.25) is 4.79 Å². The topological polar surface area (TPSA) is 29.1 Å². The monoisotopic (exact) mass is 203 g/mol. The summed E-state index contributed by atoms with van der Waals surface area (Å²) in [5, 5.41) is 4.73. The summed E-state index contributed by atoms with van der Waals surface area (Å²) in [6.07, 6.45) is 0. The normalized spacial score (nSPS) is 9.83. The Hall–Kier alpha value is -0.540. The van der Waals surface area contributed by atoms with Gasteiger partial charge in [-0.2, -0.15) is 0 Å². The molecule has 0 aromatic carbocycles. The Kier molecular flexibility index (Phi) is 3.56. The van der Waals surface area contributed by atoms with Crippen molar-refractivity contribution < 1.29 is 4.79 Å². The second-order valence-electron chi connectivity index (χ2n) is 2.48. The molecule has 0 unspecified atom stereocenters. The summed E-state index contributed by atoms with van der Waals surface area (Å²) in [5.41, 5.74) is 1.14. The minimum Gasteiger partial charge on any atom is -0.351 e. The minimum atomic E-state index is -0.125. The van der Waals surface area contributed by atoms with E-state index in [9.17, 15) is 4.79 Å². The molecule has 0 fully saturated rings. The average molecular weight is 204 g/mol. The molecule has 0 saturated carbocycles. The summed E-state index contributed by atoms with van der Waals surface area (Å²) in [6, 6.07) is 2.05. The highest BCUT2D eigenvalue weighted by molar-refractivity contribution is 7.10. The van der Waals surface area contributed by atoms with Crippen LogP contribution in [0.5, 0.6) is 0 Å². The highest BCUT2D eigenvalue weighted by Crippen LogP contribution is 2.12. The van der Waals surface area contributed by atoms with Crippen molar-refractivity contribution in [2.24, 2.45) is 0 Å². The molecule has 0 atom stereocenters. The number of thiophene rings is 1. The number of carbonyl (C=O) groups excluding carboxylic acids is 1. The highest BCUT2D eigenvalue weighted by atomic mass is 35.5. The number of hydrogen-bond acceptors (Lipinski definition) is 2. The fourth-order valence-corrected chi connectivity index (χ4v) is 1.64. The summed E-state index contributed by atoms with van der Waals surface area (Å²) >= 11 is 6.99. The molecule has 0 bridgehead atoms. The summed E-state index contributed by atoms with van der Waals surface area (Å²) < 4.78 is 0. The van der Waals surface area contributed by atoms with E-state index in [4.69, 9.17) is 11.6 Å². The lowest BCUT2D eigenvalue weighted by Gasteiger charge is -1.98. The van der Waals surface area contributed by atoms with E-state index in [1.807, 2.05) is 12.3 Å². The van der Waals surface area contributed by atoms with Crippen LogP contribution in [0.2, 0.25) is 0 Å². The highest BCUT2D eigenvalue weighted by Gasteiger charge is 1.99. The van der Waals surface area contributed by atoms with E-state index >= 15 is 0 Å². The molecule has 1 aromatic rings. The zero-order valence-corrected chi connectivity index (χ0v) is 8.34. The molecule has 0 aliphatic heterocycles. The van der Waals surface area contributed by atoms with Gasteiger partial charge in [0.1, 0.15) is 5.88 Å². The van der Waals surface area contributed by atoms with Gasteiger partial charge in [0.2, 0.25) is 5.91 Å². The zero-order chi connectivity index (χ0) is 8.97. The second-order valence-corrected chi connectivity index (χ2v) is 3.86. The number of aryl methyl sites for hydroxylation is 1. The van der Waals surface area contributed by atoms with Crippen molar-refractivity contribution in [2.45, 2.75) is 13.5 Å². The third-order valence-corrected chi connectivity index (χ3v) is 2.55. The quantitative estimate of drug-likeness (QED) is 0.748. The maximum Gasteiger partial charge on any atom is 0.235 e. The van der Waals surface area contributed by atoms with Crippen molar-refractivity contribution in [2.75, 3.05) is 5.88 Å².